The number of hydrogen-bond acceptors (Lipinski definition) is 3. The van der Waals surface area contributed by atoms with E-state index in [0.717, 1.165) is 12.1 Å². The van der Waals surface area contributed by atoms with Crippen molar-refractivity contribution in [2.24, 2.45) is 0 Å². The Balaban J connectivity index is 1.92. The Kier molecular flexibility index (Phi) is 4.80. The molecule has 3 atom stereocenters. The number of rotatable bonds is 4. The standard InChI is InChI=1S/C14H19ClN2O2/c1-9(10-4-3-5-11(15)6-10)17-14(18)13-7-12(19-2)8-16-13/h3-6,9,12-13,16H,7-8H2,1-2H3,(H,17,18)/t9-,12?,13?/m1/s1. The van der Waals surface area contributed by atoms with Crippen LogP contribution in [0.15, 0.2) is 24.3 Å². The van der Waals surface area contributed by atoms with Crippen LogP contribution in [0.4, 0.5) is 0 Å². The summed E-state index contributed by atoms with van der Waals surface area (Å²) in [4.78, 5) is 12.1. The zero-order valence-electron chi connectivity index (χ0n) is 11.2. The van der Waals surface area contributed by atoms with E-state index in [-0.39, 0.29) is 24.1 Å². The molecule has 1 heterocycles. The monoisotopic (exact) mass is 282 g/mol. The van der Waals surface area contributed by atoms with Gasteiger partial charge >= 0.3 is 0 Å². The Labute approximate surface area is 118 Å². The summed E-state index contributed by atoms with van der Waals surface area (Å²) < 4.78 is 5.24. The maximum absolute atomic E-state index is 12.1. The summed E-state index contributed by atoms with van der Waals surface area (Å²) in [5.74, 6) is 0.00651. The number of methoxy groups -OCH3 is 1. The van der Waals surface area contributed by atoms with Crippen LogP contribution in [-0.4, -0.2) is 31.7 Å². The molecule has 19 heavy (non-hydrogen) atoms. The molecular formula is C14H19ClN2O2. The first-order valence-corrected chi connectivity index (χ1v) is 6.80. The van der Waals surface area contributed by atoms with E-state index in [4.69, 9.17) is 16.3 Å². The van der Waals surface area contributed by atoms with Gasteiger partial charge in [0.1, 0.15) is 0 Å². The van der Waals surface area contributed by atoms with Crippen LogP contribution in [0.25, 0.3) is 0 Å². The fourth-order valence-corrected chi connectivity index (χ4v) is 2.45. The molecule has 2 unspecified atom stereocenters. The number of benzene rings is 1. The van der Waals surface area contributed by atoms with Gasteiger partial charge in [0.2, 0.25) is 5.91 Å². The van der Waals surface area contributed by atoms with Crippen LogP contribution in [0, 0.1) is 0 Å². The molecule has 2 rings (SSSR count). The molecule has 1 aliphatic heterocycles. The average Bonchev–Trinajstić information content (AvgIpc) is 2.87. The van der Waals surface area contributed by atoms with Crippen molar-refractivity contribution < 1.29 is 9.53 Å². The number of hydrogen-bond donors (Lipinski definition) is 2. The summed E-state index contributed by atoms with van der Waals surface area (Å²) in [7, 11) is 1.67. The highest BCUT2D eigenvalue weighted by Crippen LogP contribution is 2.18. The third-order valence-corrected chi connectivity index (χ3v) is 3.68. The molecule has 5 heteroatoms. The van der Waals surface area contributed by atoms with Gasteiger partial charge in [0.15, 0.2) is 0 Å². The molecule has 104 valence electrons. The van der Waals surface area contributed by atoms with Crippen LogP contribution in [0.3, 0.4) is 0 Å². The van der Waals surface area contributed by atoms with Crippen molar-refractivity contribution in [1.29, 1.82) is 0 Å². The number of nitrogens with one attached hydrogen (secondary N) is 2. The van der Waals surface area contributed by atoms with Crippen molar-refractivity contribution in [3.05, 3.63) is 34.9 Å². The lowest BCUT2D eigenvalue weighted by Crippen LogP contribution is -2.41. The van der Waals surface area contributed by atoms with E-state index >= 15 is 0 Å². The number of carbonyl (C=O) groups is 1. The van der Waals surface area contributed by atoms with E-state index in [1.807, 2.05) is 31.2 Å². The zero-order chi connectivity index (χ0) is 13.8. The molecule has 0 radical (unpaired) electrons. The summed E-state index contributed by atoms with van der Waals surface area (Å²) >= 11 is 5.95. The van der Waals surface area contributed by atoms with Crippen LogP contribution in [0.2, 0.25) is 5.02 Å². The topological polar surface area (TPSA) is 50.4 Å². The van der Waals surface area contributed by atoms with Crippen LogP contribution in [0.5, 0.6) is 0 Å². The van der Waals surface area contributed by atoms with Crippen molar-refractivity contribution >= 4 is 17.5 Å². The van der Waals surface area contributed by atoms with E-state index in [0.29, 0.717) is 11.4 Å². The highest BCUT2D eigenvalue weighted by Gasteiger charge is 2.29. The van der Waals surface area contributed by atoms with Crippen LogP contribution < -0.4 is 10.6 Å². The lowest BCUT2D eigenvalue weighted by molar-refractivity contribution is -0.123. The van der Waals surface area contributed by atoms with Crippen molar-refractivity contribution in [2.75, 3.05) is 13.7 Å². The molecule has 4 nitrogen and oxygen atoms in total. The molecule has 0 spiro atoms. The van der Waals surface area contributed by atoms with Gasteiger partial charge in [-0.2, -0.15) is 0 Å². The minimum absolute atomic E-state index is 0.00651. The van der Waals surface area contributed by atoms with E-state index in [1.54, 1.807) is 7.11 Å². The smallest absolute Gasteiger partial charge is 0.237 e. The molecular weight excluding hydrogens is 264 g/mol. The van der Waals surface area contributed by atoms with Gasteiger partial charge in [-0.15, -0.1) is 0 Å². The van der Waals surface area contributed by atoms with Gasteiger partial charge in [-0.05, 0) is 31.0 Å². The maximum atomic E-state index is 12.1. The van der Waals surface area contributed by atoms with Gasteiger partial charge < -0.3 is 15.4 Å². The molecule has 2 N–H and O–H groups in total. The van der Waals surface area contributed by atoms with Crippen LogP contribution >= 0.6 is 11.6 Å². The first-order chi connectivity index (χ1) is 9.10. The van der Waals surface area contributed by atoms with Crippen LogP contribution in [-0.2, 0) is 9.53 Å². The van der Waals surface area contributed by atoms with Gasteiger partial charge in [0.25, 0.3) is 0 Å². The van der Waals surface area contributed by atoms with Crippen LogP contribution in [0.1, 0.15) is 24.9 Å². The fraction of sp³-hybridized carbons (Fsp3) is 0.500. The molecule has 0 aliphatic carbocycles. The zero-order valence-corrected chi connectivity index (χ0v) is 11.9. The minimum Gasteiger partial charge on any atom is -0.380 e. The Hall–Kier alpha value is -1.10. The quantitative estimate of drug-likeness (QED) is 0.887. The molecule has 1 saturated heterocycles. The second kappa shape index (κ2) is 6.37. The highest BCUT2D eigenvalue weighted by atomic mass is 35.5. The lowest BCUT2D eigenvalue weighted by atomic mass is 10.1. The third kappa shape index (κ3) is 3.69. The van der Waals surface area contributed by atoms with Crippen molar-refractivity contribution in [3.8, 4) is 0 Å². The first-order valence-electron chi connectivity index (χ1n) is 6.42. The molecule has 1 fully saturated rings. The number of amides is 1. The predicted molar refractivity (Wildman–Crippen MR) is 75.2 cm³/mol. The SMILES string of the molecule is COC1CNC(C(=O)N[C@H](C)c2cccc(Cl)c2)C1. The third-order valence-electron chi connectivity index (χ3n) is 3.45. The summed E-state index contributed by atoms with van der Waals surface area (Å²) in [5.41, 5.74) is 1.00. The largest absolute Gasteiger partial charge is 0.380 e. The van der Waals surface area contributed by atoms with E-state index in [9.17, 15) is 4.79 Å². The van der Waals surface area contributed by atoms with Gasteiger partial charge in [-0.1, -0.05) is 23.7 Å². The van der Waals surface area contributed by atoms with E-state index in [1.165, 1.54) is 0 Å². The number of halogens is 1. The lowest BCUT2D eigenvalue weighted by Gasteiger charge is -2.17. The summed E-state index contributed by atoms with van der Waals surface area (Å²) in [6, 6.07) is 7.29. The number of carbonyl (C=O) groups excluding carboxylic acids is 1. The van der Waals surface area contributed by atoms with Crippen molar-refractivity contribution in [2.45, 2.75) is 31.5 Å². The summed E-state index contributed by atoms with van der Waals surface area (Å²) in [5, 5.41) is 6.83. The Morgan fingerprint density at radius 2 is 2.37 bits per heavy atom. The Morgan fingerprint density at radius 1 is 1.58 bits per heavy atom. The molecule has 0 saturated carbocycles. The van der Waals surface area contributed by atoms with E-state index < -0.39 is 0 Å². The Morgan fingerprint density at radius 3 is 3.00 bits per heavy atom. The minimum atomic E-state index is -0.174. The second-order valence-corrected chi connectivity index (χ2v) is 5.28. The van der Waals surface area contributed by atoms with E-state index in [2.05, 4.69) is 10.6 Å². The van der Waals surface area contributed by atoms with Gasteiger partial charge in [-0.25, -0.2) is 0 Å². The molecule has 1 aromatic rings. The Bertz CT molecular complexity index is 453. The van der Waals surface area contributed by atoms with Gasteiger partial charge in [-0.3, -0.25) is 4.79 Å². The molecule has 1 aliphatic rings. The van der Waals surface area contributed by atoms with Gasteiger partial charge in [0.05, 0.1) is 18.2 Å². The number of ether oxygens (including phenoxy) is 1. The molecule has 1 amide bonds. The first kappa shape index (κ1) is 14.3. The van der Waals surface area contributed by atoms with Crippen molar-refractivity contribution in [3.63, 3.8) is 0 Å². The molecule has 0 bridgehead atoms. The van der Waals surface area contributed by atoms with Crippen molar-refractivity contribution in [1.82, 2.24) is 10.6 Å². The second-order valence-electron chi connectivity index (χ2n) is 4.84. The van der Waals surface area contributed by atoms with Gasteiger partial charge in [0, 0.05) is 18.7 Å². The normalized spacial score (nSPS) is 24.2. The molecule has 1 aromatic carbocycles. The predicted octanol–water partition coefficient (Wildman–Crippen LogP) is 1.89. The average molecular weight is 283 g/mol. The maximum Gasteiger partial charge on any atom is 0.237 e. The fourth-order valence-electron chi connectivity index (χ4n) is 2.26. The molecule has 0 aromatic heterocycles. The summed E-state index contributed by atoms with van der Waals surface area (Å²) in [6.45, 7) is 2.67. The summed E-state index contributed by atoms with van der Waals surface area (Å²) in [6.07, 6.45) is 0.835. The highest BCUT2D eigenvalue weighted by molar-refractivity contribution is 6.30.